The molecule has 0 aromatic heterocycles. The van der Waals surface area contributed by atoms with E-state index in [1.54, 1.807) is 6.07 Å². The van der Waals surface area contributed by atoms with Crippen LogP contribution in [0.15, 0.2) is 18.2 Å². The third kappa shape index (κ3) is 2.60. The van der Waals surface area contributed by atoms with Gasteiger partial charge in [0.05, 0.1) is 16.3 Å². The number of hydrogen-bond acceptors (Lipinski definition) is 3. The lowest BCUT2D eigenvalue weighted by molar-refractivity contribution is 0.446. The van der Waals surface area contributed by atoms with Crippen molar-refractivity contribution in [3.8, 4) is 6.07 Å². The van der Waals surface area contributed by atoms with Crippen LogP contribution in [0.25, 0.3) is 0 Å². The predicted octanol–water partition coefficient (Wildman–Crippen LogP) is 2.79. The number of halogens is 1. The summed E-state index contributed by atoms with van der Waals surface area (Å²) in [6.45, 7) is 1.94. The monoisotopic (exact) mass is 263 g/mol. The van der Waals surface area contributed by atoms with Crippen molar-refractivity contribution in [1.29, 1.82) is 5.26 Å². The third-order valence-electron chi connectivity index (χ3n) is 3.48. The Bertz CT molecular complexity index is 451. The highest BCUT2D eigenvalue weighted by Crippen LogP contribution is 2.31. The van der Waals surface area contributed by atoms with Gasteiger partial charge in [0.25, 0.3) is 0 Å². The van der Waals surface area contributed by atoms with Gasteiger partial charge in [-0.2, -0.15) is 5.26 Å². The Balaban J connectivity index is 2.34. The van der Waals surface area contributed by atoms with E-state index in [4.69, 9.17) is 11.6 Å². The summed E-state index contributed by atoms with van der Waals surface area (Å²) < 4.78 is 0. The summed E-state index contributed by atoms with van der Waals surface area (Å²) in [4.78, 5) is 2.32. The second-order valence-electron chi connectivity index (χ2n) is 4.65. The predicted molar refractivity (Wildman–Crippen MR) is 75.1 cm³/mol. The third-order valence-corrected chi connectivity index (χ3v) is 3.79. The standard InChI is InChI=1S/C14H18ClN3/c1-17-10-11-5-2-3-8-18(11)14-7-4-6-13(15)12(14)9-16/h4,6-7,11,17H,2-3,5,8,10H2,1H3. The molecule has 0 bridgehead atoms. The van der Waals surface area contributed by atoms with E-state index in [9.17, 15) is 5.26 Å². The van der Waals surface area contributed by atoms with Crippen molar-refractivity contribution >= 4 is 17.3 Å². The molecule has 1 atom stereocenters. The molecule has 1 aromatic carbocycles. The summed E-state index contributed by atoms with van der Waals surface area (Å²) in [5, 5.41) is 13.0. The first-order valence-corrected chi connectivity index (χ1v) is 6.75. The maximum atomic E-state index is 9.27. The van der Waals surface area contributed by atoms with Crippen molar-refractivity contribution in [1.82, 2.24) is 5.32 Å². The molecule has 0 saturated carbocycles. The first-order valence-electron chi connectivity index (χ1n) is 6.37. The number of nitriles is 1. The van der Waals surface area contributed by atoms with E-state index < -0.39 is 0 Å². The summed E-state index contributed by atoms with van der Waals surface area (Å²) >= 11 is 6.11. The van der Waals surface area contributed by atoms with Crippen LogP contribution >= 0.6 is 11.6 Å². The topological polar surface area (TPSA) is 39.1 Å². The van der Waals surface area contributed by atoms with Gasteiger partial charge in [0, 0.05) is 19.1 Å². The quantitative estimate of drug-likeness (QED) is 0.912. The van der Waals surface area contributed by atoms with E-state index in [2.05, 4.69) is 16.3 Å². The molecule has 1 unspecified atom stereocenters. The number of rotatable bonds is 3. The highest BCUT2D eigenvalue weighted by Gasteiger charge is 2.24. The molecular weight excluding hydrogens is 246 g/mol. The van der Waals surface area contributed by atoms with Gasteiger partial charge >= 0.3 is 0 Å². The molecule has 4 heteroatoms. The number of piperidine rings is 1. The number of anilines is 1. The molecule has 18 heavy (non-hydrogen) atoms. The van der Waals surface area contributed by atoms with Crippen LogP contribution in [0.3, 0.4) is 0 Å². The fourth-order valence-electron chi connectivity index (χ4n) is 2.63. The van der Waals surface area contributed by atoms with E-state index in [1.165, 1.54) is 12.8 Å². The molecule has 1 aliphatic heterocycles. The lowest BCUT2D eigenvalue weighted by Gasteiger charge is -2.38. The van der Waals surface area contributed by atoms with Gasteiger partial charge in [-0.3, -0.25) is 0 Å². The Labute approximate surface area is 113 Å². The minimum atomic E-state index is 0.453. The fraction of sp³-hybridized carbons (Fsp3) is 0.500. The van der Waals surface area contributed by atoms with Crippen LogP contribution in [0, 0.1) is 11.3 Å². The zero-order valence-corrected chi connectivity index (χ0v) is 11.4. The molecule has 3 nitrogen and oxygen atoms in total. The summed E-state index contributed by atoms with van der Waals surface area (Å²) in [6.07, 6.45) is 3.60. The lowest BCUT2D eigenvalue weighted by atomic mass is 10.00. The minimum absolute atomic E-state index is 0.453. The SMILES string of the molecule is CNCC1CCCCN1c1cccc(Cl)c1C#N. The van der Waals surface area contributed by atoms with Crippen LogP contribution in [0.4, 0.5) is 5.69 Å². The highest BCUT2D eigenvalue weighted by atomic mass is 35.5. The van der Waals surface area contributed by atoms with Crippen LogP contribution in [0.5, 0.6) is 0 Å². The van der Waals surface area contributed by atoms with Crippen LogP contribution in [0.1, 0.15) is 24.8 Å². The normalized spacial score (nSPS) is 19.6. The average molecular weight is 264 g/mol. The van der Waals surface area contributed by atoms with Crippen molar-refractivity contribution in [2.24, 2.45) is 0 Å². The summed E-state index contributed by atoms with van der Waals surface area (Å²) in [7, 11) is 1.97. The van der Waals surface area contributed by atoms with E-state index in [0.717, 1.165) is 25.2 Å². The van der Waals surface area contributed by atoms with E-state index >= 15 is 0 Å². The molecule has 1 N–H and O–H groups in total. The summed E-state index contributed by atoms with van der Waals surface area (Å²) in [5.74, 6) is 0. The highest BCUT2D eigenvalue weighted by molar-refractivity contribution is 6.32. The molecular formula is C14H18ClN3. The minimum Gasteiger partial charge on any atom is -0.366 e. The second-order valence-corrected chi connectivity index (χ2v) is 5.05. The molecule has 0 radical (unpaired) electrons. The second kappa shape index (κ2) is 6.08. The Morgan fingerprint density at radius 3 is 3.06 bits per heavy atom. The first-order chi connectivity index (χ1) is 8.77. The van der Waals surface area contributed by atoms with Gasteiger partial charge in [0.1, 0.15) is 6.07 Å². The average Bonchev–Trinajstić information content (AvgIpc) is 2.39. The molecule has 1 fully saturated rings. The maximum Gasteiger partial charge on any atom is 0.103 e. The van der Waals surface area contributed by atoms with Gasteiger partial charge in [-0.25, -0.2) is 0 Å². The summed E-state index contributed by atoms with van der Waals surface area (Å²) in [6, 6.07) is 8.38. The van der Waals surface area contributed by atoms with Gasteiger partial charge < -0.3 is 10.2 Å². The Hall–Kier alpha value is -1.24. The zero-order valence-electron chi connectivity index (χ0n) is 10.6. The Morgan fingerprint density at radius 2 is 2.33 bits per heavy atom. The number of hydrogen-bond donors (Lipinski definition) is 1. The number of nitrogens with one attached hydrogen (secondary N) is 1. The van der Waals surface area contributed by atoms with Gasteiger partial charge in [0.2, 0.25) is 0 Å². The first kappa shape index (κ1) is 13.2. The molecule has 0 amide bonds. The molecule has 1 heterocycles. The van der Waals surface area contributed by atoms with Gasteiger partial charge in [-0.1, -0.05) is 17.7 Å². The van der Waals surface area contributed by atoms with Crippen LogP contribution in [-0.4, -0.2) is 26.2 Å². The van der Waals surface area contributed by atoms with E-state index in [-0.39, 0.29) is 0 Å². The number of benzene rings is 1. The number of nitrogens with zero attached hydrogens (tertiary/aromatic N) is 2. The van der Waals surface area contributed by atoms with Crippen molar-refractivity contribution in [2.75, 3.05) is 25.0 Å². The number of likely N-dealkylation sites (N-methyl/N-ethyl adjacent to an activating group) is 1. The fourth-order valence-corrected chi connectivity index (χ4v) is 2.84. The smallest absolute Gasteiger partial charge is 0.103 e. The molecule has 1 aromatic rings. The van der Waals surface area contributed by atoms with E-state index in [1.807, 2.05) is 19.2 Å². The summed E-state index contributed by atoms with van der Waals surface area (Å²) in [5.41, 5.74) is 1.58. The van der Waals surface area contributed by atoms with Gasteiger partial charge in [-0.05, 0) is 38.4 Å². The molecule has 0 spiro atoms. The lowest BCUT2D eigenvalue weighted by Crippen LogP contribution is -2.45. The molecule has 96 valence electrons. The zero-order chi connectivity index (χ0) is 13.0. The van der Waals surface area contributed by atoms with Crippen molar-refractivity contribution in [2.45, 2.75) is 25.3 Å². The van der Waals surface area contributed by atoms with Crippen molar-refractivity contribution in [3.63, 3.8) is 0 Å². The van der Waals surface area contributed by atoms with E-state index in [0.29, 0.717) is 16.6 Å². The van der Waals surface area contributed by atoms with Crippen LogP contribution in [-0.2, 0) is 0 Å². The van der Waals surface area contributed by atoms with Gasteiger partial charge in [0.15, 0.2) is 0 Å². The Kier molecular flexibility index (Phi) is 4.46. The Morgan fingerprint density at radius 1 is 1.50 bits per heavy atom. The van der Waals surface area contributed by atoms with Gasteiger partial charge in [-0.15, -0.1) is 0 Å². The van der Waals surface area contributed by atoms with Crippen molar-refractivity contribution < 1.29 is 0 Å². The molecule has 0 aliphatic carbocycles. The maximum absolute atomic E-state index is 9.27. The largest absolute Gasteiger partial charge is 0.366 e. The molecule has 1 aliphatic rings. The molecule has 1 saturated heterocycles. The van der Waals surface area contributed by atoms with Crippen LogP contribution in [0.2, 0.25) is 5.02 Å². The molecule has 2 rings (SSSR count). The van der Waals surface area contributed by atoms with Crippen molar-refractivity contribution in [3.05, 3.63) is 28.8 Å². The van der Waals surface area contributed by atoms with Crippen LogP contribution < -0.4 is 10.2 Å².